The molecule has 0 saturated carbocycles. The Bertz CT molecular complexity index is 348. The van der Waals surface area contributed by atoms with Gasteiger partial charge in [-0.15, -0.1) is 0 Å². The van der Waals surface area contributed by atoms with E-state index >= 15 is 0 Å². The average Bonchev–Trinajstić information content (AvgIpc) is 2.12. The number of hydrogen-bond acceptors (Lipinski definition) is 3. The molecule has 0 heterocycles. The summed E-state index contributed by atoms with van der Waals surface area (Å²) in [5, 5.41) is 0. The number of hydrogen-bond donors (Lipinski definition) is 1. The van der Waals surface area contributed by atoms with Crippen LogP contribution in [0.4, 0.5) is 10.1 Å². The molecule has 1 aromatic rings. The van der Waals surface area contributed by atoms with Crippen molar-refractivity contribution in [2.45, 2.75) is 4.90 Å². The quantitative estimate of drug-likeness (QED) is 0.787. The lowest BCUT2D eigenvalue weighted by molar-refractivity contribution is 0.435. The molecule has 1 aromatic carbocycles. The molecular weight excluding hydrogens is 215 g/mol. The number of nitrogen functional groups attached to an aromatic ring is 1. The second kappa shape index (κ2) is 5.23. The highest BCUT2D eigenvalue weighted by Gasteiger charge is 2.06. The Morgan fingerprint density at radius 1 is 1.40 bits per heavy atom. The van der Waals surface area contributed by atoms with Crippen LogP contribution in [0, 0.1) is 5.82 Å². The van der Waals surface area contributed by atoms with Gasteiger partial charge in [0.15, 0.2) is 0 Å². The average molecular weight is 230 g/mol. The van der Waals surface area contributed by atoms with Gasteiger partial charge in [-0.1, -0.05) is 0 Å². The van der Waals surface area contributed by atoms with Gasteiger partial charge in [0.05, 0.1) is 10.8 Å². The summed E-state index contributed by atoms with van der Waals surface area (Å²) < 4.78 is 24.7. The van der Waals surface area contributed by atoms with E-state index in [4.69, 9.17) is 5.73 Å². The summed E-state index contributed by atoms with van der Waals surface area (Å²) in [7, 11) is 2.61. The molecule has 0 aliphatic heterocycles. The molecule has 0 amide bonds. The zero-order chi connectivity index (χ0) is 11.4. The maximum Gasteiger partial charge on any atom is 0.126 e. The van der Waals surface area contributed by atoms with Gasteiger partial charge in [-0.2, -0.15) is 0 Å². The van der Waals surface area contributed by atoms with Gasteiger partial charge in [0, 0.05) is 22.9 Å². The third-order valence-electron chi connectivity index (χ3n) is 1.88. The fourth-order valence-corrected chi connectivity index (χ4v) is 2.38. The molecule has 5 heteroatoms. The van der Waals surface area contributed by atoms with Crippen LogP contribution in [0.3, 0.4) is 0 Å². The fraction of sp³-hybridized carbons (Fsp3) is 0.400. The second-order valence-electron chi connectivity index (χ2n) is 3.57. The van der Waals surface area contributed by atoms with E-state index in [0.717, 1.165) is 0 Å². The molecule has 3 nitrogen and oxygen atoms in total. The van der Waals surface area contributed by atoms with Crippen molar-refractivity contribution in [1.29, 1.82) is 0 Å². The molecule has 0 aromatic heterocycles. The van der Waals surface area contributed by atoms with Crippen molar-refractivity contribution in [3.8, 4) is 0 Å². The number of halogens is 1. The Morgan fingerprint density at radius 3 is 2.60 bits per heavy atom. The molecular formula is C10H15FN2OS. The molecule has 84 valence electrons. The van der Waals surface area contributed by atoms with Crippen LogP contribution in [0.2, 0.25) is 0 Å². The molecule has 0 spiro atoms. The van der Waals surface area contributed by atoms with E-state index in [0.29, 0.717) is 22.9 Å². The summed E-state index contributed by atoms with van der Waals surface area (Å²) in [4.78, 5) is 2.38. The van der Waals surface area contributed by atoms with E-state index in [9.17, 15) is 8.60 Å². The van der Waals surface area contributed by atoms with E-state index in [1.165, 1.54) is 12.1 Å². The highest BCUT2D eigenvalue weighted by Crippen LogP contribution is 2.14. The first kappa shape index (κ1) is 12.1. The van der Waals surface area contributed by atoms with Crippen molar-refractivity contribution in [1.82, 2.24) is 4.90 Å². The van der Waals surface area contributed by atoms with Gasteiger partial charge in [0.2, 0.25) is 0 Å². The van der Waals surface area contributed by atoms with Crippen LogP contribution in [-0.4, -0.2) is 35.5 Å². The van der Waals surface area contributed by atoms with Gasteiger partial charge >= 0.3 is 0 Å². The van der Waals surface area contributed by atoms with Crippen molar-refractivity contribution < 1.29 is 8.60 Å². The first-order chi connectivity index (χ1) is 6.99. The van der Waals surface area contributed by atoms with Crippen LogP contribution >= 0.6 is 0 Å². The first-order valence-corrected chi connectivity index (χ1v) is 5.90. The van der Waals surface area contributed by atoms with Crippen LogP contribution in [0.1, 0.15) is 0 Å². The summed E-state index contributed by atoms with van der Waals surface area (Å²) >= 11 is 0. The minimum Gasteiger partial charge on any atom is -0.399 e. The monoisotopic (exact) mass is 230 g/mol. The van der Waals surface area contributed by atoms with Gasteiger partial charge in [0.25, 0.3) is 0 Å². The topological polar surface area (TPSA) is 46.3 Å². The molecule has 0 aliphatic rings. The Hall–Kier alpha value is -0.940. The van der Waals surface area contributed by atoms with Crippen molar-refractivity contribution in [2.75, 3.05) is 32.1 Å². The van der Waals surface area contributed by atoms with E-state index in [2.05, 4.69) is 0 Å². The highest BCUT2D eigenvalue weighted by atomic mass is 32.2. The van der Waals surface area contributed by atoms with E-state index < -0.39 is 16.6 Å². The largest absolute Gasteiger partial charge is 0.399 e. The van der Waals surface area contributed by atoms with Crippen LogP contribution < -0.4 is 5.73 Å². The Balaban J connectivity index is 2.73. The highest BCUT2D eigenvalue weighted by molar-refractivity contribution is 7.85. The summed E-state index contributed by atoms with van der Waals surface area (Å²) in [6, 6.07) is 4.03. The Labute approximate surface area is 91.5 Å². The minimum atomic E-state index is -1.19. The molecule has 1 rings (SSSR count). The lowest BCUT2D eigenvalue weighted by Crippen LogP contribution is -2.19. The maximum atomic E-state index is 13.0. The predicted molar refractivity (Wildman–Crippen MR) is 60.6 cm³/mol. The molecule has 15 heavy (non-hydrogen) atoms. The lowest BCUT2D eigenvalue weighted by atomic mass is 10.3. The summed E-state index contributed by atoms with van der Waals surface area (Å²) in [5.74, 6) is 0.0406. The third kappa shape index (κ3) is 3.97. The summed E-state index contributed by atoms with van der Waals surface area (Å²) in [6.45, 7) is 0.697. The molecule has 0 aliphatic carbocycles. The van der Waals surface area contributed by atoms with Crippen molar-refractivity contribution in [3.05, 3.63) is 24.0 Å². The predicted octanol–water partition coefficient (Wildman–Crippen LogP) is 1.08. The molecule has 0 fully saturated rings. The number of nitrogens with zero attached hydrogens (tertiary/aromatic N) is 1. The molecule has 1 unspecified atom stereocenters. The van der Waals surface area contributed by atoms with Crippen LogP contribution in [0.5, 0.6) is 0 Å². The SMILES string of the molecule is CN(C)CCS(=O)c1cc(N)cc(F)c1. The minimum absolute atomic E-state index is 0.309. The standard InChI is InChI=1S/C10H15FN2OS/c1-13(2)3-4-15(14)10-6-8(11)5-9(12)7-10/h5-7H,3-4,12H2,1-2H3. The maximum absolute atomic E-state index is 13.0. The van der Waals surface area contributed by atoms with Gasteiger partial charge in [-0.05, 0) is 32.3 Å². The number of benzene rings is 1. The van der Waals surface area contributed by atoms with Crippen LogP contribution in [-0.2, 0) is 10.8 Å². The van der Waals surface area contributed by atoms with Gasteiger partial charge < -0.3 is 10.6 Å². The van der Waals surface area contributed by atoms with Crippen LogP contribution in [0.15, 0.2) is 23.1 Å². The van der Waals surface area contributed by atoms with Gasteiger partial charge in [-0.3, -0.25) is 4.21 Å². The molecule has 2 N–H and O–H groups in total. The number of anilines is 1. The molecule has 0 saturated heterocycles. The molecule has 1 atom stereocenters. The number of rotatable bonds is 4. The van der Waals surface area contributed by atoms with Gasteiger partial charge in [-0.25, -0.2) is 4.39 Å². The number of nitrogens with two attached hydrogens (primary N) is 1. The van der Waals surface area contributed by atoms with Gasteiger partial charge in [0.1, 0.15) is 5.82 Å². The first-order valence-electron chi connectivity index (χ1n) is 4.58. The van der Waals surface area contributed by atoms with Crippen molar-refractivity contribution in [2.24, 2.45) is 0 Å². The second-order valence-corrected chi connectivity index (χ2v) is 5.14. The van der Waals surface area contributed by atoms with E-state index in [1.54, 1.807) is 6.07 Å². The Kier molecular flexibility index (Phi) is 4.23. The van der Waals surface area contributed by atoms with E-state index in [1.807, 2.05) is 19.0 Å². The normalized spacial score (nSPS) is 13.1. The zero-order valence-electron chi connectivity index (χ0n) is 8.87. The zero-order valence-corrected chi connectivity index (χ0v) is 9.68. The summed E-state index contributed by atoms with van der Waals surface area (Å²) in [6.07, 6.45) is 0. The fourth-order valence-electron chi connectivity index (χ4n) is 1.10. The van der Waals surface area contributed by atoms with E-state index in [-0.39, 0.29) is 0 Å². The van der Waals surface area contributed by atoms with Crippen LogP contribution in [0.25, 0.3) is 0 Å². The lowest BCUT2D eigenvalue weighted by Gasteiger charge is -2.09. The Morgan fingerprint density at radius 2 is 2.07 bits per heavy atom. The third-order valence-corrected chi connectivity index (χ3v) is 3.20. The summed E-state index contributed by atoms with van der Waals surface area (Å²) in [5.41, 5.74) is 5.78. The van der Waals surface area contributed by atoms with Crippen molar-refractivity contribution >= 4 is 16.5 Å². The molecule has 0 bridgehead atoms. The smallest absolute Gasteiger partial charge is 0.126 e. The van der Waals surface area contributed by atoms with Crippen molar-refractivity contribution in [3.63, 3.8) is 0 Å². The molecule has 0 radical (unpaired) electrons.